The summed E-state index contributed by atoms with van der Waals surface area (Å²) in [5, 5.41) is 0. The number of nitrogens with zero attached hydrogens (tertiary/aromatic N) is 1. The highest BCUT2D eigenvalue weighted by Crippen LogP contribution is 2.27. The number of methoxy groups -OCH3 is 2. The van der Waals surface area contributed by atoms with E-state index in [9.17, 15) is 0 Å². The average Bonchev–Trinajstić information content (AvgIpc) is 2.52. The van der Waals surface area contributed by atoms with Crippen LogP contribution in [-0.2, 0) is 6.61 Å². The maximum Gasteiger partial charge on any atom is 0.127 e. The van der Waals surface area contributed by atoms with Gasteiger partial charge in [-0.25, -0.2) is 0 Å². The van der Waals surface area contributed by atoms with Gasteiger partial charge in [-0.15, -0.1) is 0 Å². The maximum atomic E-state index is 5.74. The molecule has 0 fully saturated rings. The summed E-state index contributed by atoms with van der Waals surface area (Å²) in [4.78, 5) is 4.35. The SMILES string of the molecule is COc1cc(OC)cc(OCc2ccnc(C(N)=S)c2)c1. The van der Waals surface area contributed by atoms with Crippen molar-refractivity contribution in [1.82, 2.24) is 4.98 Å². The molecule has 5 nitrogen and oxygen atoms in total. The standard InChI is InChI=1S/C15H16N2O3S/c1-18-11-6-12(19-2)8-13(7-11)20-9-10-3-4-17-14(5-10)15(16)21/h3-8H,9H2,1-2H3,(H2,16,21). The Morgan fingerprint density at radius 3 is 2.29 bits per heavy atom. The van der Waals surface area contributed by atoms with Crippen LogP contribution in [0.1, 0.15) is 11.3 Å². The maximum absolute atomic E-state index is 5.74. The number of nitrogens with two attached hydrogens (primary N) is 1. The third kappa shape index (κ3) is 4.06. The first kappa shape index (κ1) is 15.1. The number of aromatic nitrogens is 1. The molecule has 1 heterocycles. The van der Waals surface area contributed by atoms with Gasteiger partial charge >= 0.3 is 0 Å². The van der Waals surface area contributed by atoms with Crippen LogP contribution in [0.5, 0.6) is 17.2 Å². The van der Waals surface area contributed by atoms with Crippen molar-refractivity contribution >= 4 is 17.2 Å². The minimum atomic E-state index is 0.264. The normalized spacial score (nSPS) is 10.0. The molecule has 0 amide bonds. The second kappa shape index (κ2) is 6.90. The monoisotopic (exact) mass is 304 g/mol. The molecule has 21 heavy (non-hydrogen) atoms. The molecule has 0 atom stereocenters. The Morgan fingerprint density at radius 2 is 1.71 bits per heavy atom. The lowest BCUT2D eigenvalue weighted by molar-refractivity contribution is 0.300. The van der Waals surface area contributed by atoms with Gasteiger partial charge in [-0.1, -0.05) is 12.2 Å². The van der Waals surface area contributed by atoms with Gasteiger partial charge < -0.3 is 19.9 Å². The van der Waals surface area contributed by atoms with E-state index in [1.165, 1.54) is 0 Å². The summed E-state index contributed by atoms with van der Waals surface area (Å²) in [6, 6.07) is 9.01. The lowest BCUT2D eigenvalue weighted by Crippen LogP contribution is -2.12. The van der Waals surface area contributed by atoms with E-state index in [4.69, 9.17) is 32.2 Å². The van der Waals surface area contributed by atoms with Crippen molar-refractivity contribution in [1.29, 1.82) is 0 Å². The van der Waals surface area contributed by atoms with Crippen LogP contribution in [0.25, 0.3) is 0 Å². The highest BCUT2D eigenvalue weighted by molar-refractivity contribution is 7.80. The molecule has 2 N–H and O–H groups in total. The Hall–Kier alpha value is -2.34. The molecular weight excluding hydrogens is 288 g/mol. The summed E-state index contributed by atoms with van der Waals surface area (Å²) in [5.41, 5.74) is 7.06. The van der Waals surface area contributed by atoms with Crippen LogP contribution < -0.4 is 19.9 Å². The van der Waals surface area contributed by atoms with Crippen molar-refractivity contribution in [2.45, 2.75) is 6.61 Å². The van der Waals surface area contributed by atoms with E-state index in [0.717, 1.165) is 5.56 Å². The molecule has 0 saturated carbocycles. The summed E-state index contributed by atoms with van der Waals surface area (Å²) in [5.74, 6) is 1.99. The van der Waals surface area contributed by atoms with Crippen molar-refractivity contribution in [3.05, 3.63) is 47.8 Å². The van der Waals surface area contributed by atoms with E-state index in [2.05, 4.69) is 4.98 Å². The van der Waals surface area contributed by atoms with E-state index in [-0.39, 0.29) is 4.99 Å². The highest BCUT2D eigenvalue weighted by atomic mass is 32.1. The Kier molecular flexibility index (Phi) is 4.94. The second-order valence-corrected chi connectivity index (χ2v) is 4.69. The van der Waals surface area contributed by atoms with Crippen molar-refractivity contribution < 1.29 is 14.2 Å². The summed E-state index contributed by atoms with van der Waals surface area (Å²) in [7, 11) is 3.19. The van der Waals surface area contributed by atoms with Gasteiger partial charge in [0.15, 0.2) is 0 Å². The highest BCUT2D eigenvalue weighted by Gasteiger charge is 2.05. The van der Waals surface area contributed by atoms with Gasteiger partial charge in [-0.05, 0) is 17.7 Å². The van der Waals surface area contributed by atoms with Crippen molar-refractivity contribution in [2.24, 2.45) is 5.73 Å². The molecule has 0 spiro atoms. The zero-order chi connectivity index (χ0) is 15.2. The Labute approximate surface area is 128 Å². The molecule has 0 aliphatic heterocycles. The van der Waals surface area contributed by atoms with E-state index in [1.807, 2.05) is 6.07 Å². The second-order valence-electron chi connectivity index (χ2n) is 4.25. The van der Waals surface area contributed by atoms with Crippen LogP contribution in [0.2, 0.25) is 0 Å². The molecule has 0 aliphatic carbocycles. The summed E-state index contributed by atoms with van der Waals surface area (Å²) in [6.45, 7) is 0.369. The topological polar surface area (TPSA) is 66.6 Å². The van der Waals surface area contributed by atoms with Crippen LogP contribution in [-0.4, -0.2) is 24.2 Å². The fourth-order valence-electron chi connectivity index (χ4n) is 1.73. The van der Waals surface area contributed by atoms with Crippen molar-refractivity contribution in [3.63, 3.8) is 0 Å². The van der Waals surface area contributed by atoms with Crippen LogP contribution in [0.3, 0.4) is 0 Å². The Bertz CT molecular complexity index is 624. The molecule has 0 unspecified atom stereocenters. The molecule has 0 saturated heterocycles. The van der Waals surface area contributed by atoms with Crippen LogP contribution in [0.4, 0.5) is 0 Å². The molecule has 2 rings (SSSR count). The third-order valence-corrected chi connectivity index (χ3v) is 3.02. The van der Waals surface area contributed by atoms with Gasteiger partial charge in [0.25, 0.3) is 0 Å². The smallest absolute Gasteiger partial charge is 0.127 e. The Balaban J connectivity index is 2.12. The largest absolute Gasteiger partial charge is 0.496 e. The number of thiocarbonyl (C=S) groups is 1. The molecule has 0 aliphatic rings. The number of ether oxygens (including phenoxy) is 3. The van der Waals surface area contributed by atoms with E-state index < -0.39 is 0 Å². The molecule has 110 valence electrons. The van der Waals surface area contributed by atoms with E-state index in [1.54, 1.807) is 44.7 Å². The minimum absolute atomic E-state index is 0.264. The van der Waals surface area contributed by atoms with Crippen molar-refractivity contribution in [3.8, 4) is 17.2 Å². The van der Waals surface area contributed by atoms with Gasteiger partial charge in [0.05, 0.1) is 19.9 Å². The number of pyridine rings is 1. The Morgan fingerprint density at radius 1 is 1.10 bits per heavy atom. The zero-order valence-electron chi connectivity index (χ0n) is 11.8. The molecule has 1 aromatic heterocycles. The van der Waals surface area contributed by atoms with Crippen LogP contribution >= 0.6 is 12.2 Å². The molecule has 6 heteroatoms. The van der Waals surface area contributed by atoms with Gasteiger partial charge in [-0.2, -0.15) is 0 Å². The van der Waals surface area contributed by atoms with Gasteiger partial charge in [0.2, 0.25) is 0 Å². The molecule has 0 bridgehead atoms. The third-order valence-electron chi connectivity index (χ3n) is 2.81. The predicted molar refractivity (Wildman–Crippen MR) is 84.0 cm³/mol. The number of benzene rings is 1. The number of hydrogen-bond acceptors (Lipinski definition) is 5. The van der Waals surface area contributed by atoms with Crippen molar-refractivity contribution in [2.75, 3.05) is 14.2 Å². The van der Waals surface area contributed by atoms with E-state index >= 15 is 0 Å². The fourth-order valence-corrected chi connectivity index (χ4v) is 1.84. The quantitative estimate of drug-likeness (QED) is 0.826. The molecular formula is C15H16N2O3S. The first-order chi connectivity index (χ1) is 10.1. The fraction of sp³-hybridized carbons (Fsp3) is 0.200. The summed E-state index contributed by atoms with van der Waals surface area (Å²) < 4.78 is 16.1. The van der Waals surface area contributed by atoms with Crippen LogP contribution in [0, 0.1) is 0 Å². The number of hydrogen-bond donors (Lipinski definition) is 1. The molecule has 2 aromatic rings. The van der Waals surface area contributed by atoms with Gasteiger partial charge in [0, 0.05) is 24.4 Å². The molecule has 0 radical (unpaired) electrons. The predicted octanol–water partition coefficient (Wildman–Crippen LogP) is 2.31. The molecule has 1 aromatic carbocycles. The van der Waals surface area contributed by atoms with Crippen LogP contribution in [0.15, 0.2) is 36.5 Å². The summed E-state index contributed by atoms with van der Waals surface area (Å²) in [6.07, 6.45) is 1.65. The lowest BCUT2D eigenvalue weighted by atomic mass is 10.2. The first-order valence-corrected chi connectivity index (χ1v) is 6.64. The minimum Gasteiger partial charge on any atom is -0.496 e. The summed E-state index contributed by atoms with van der Waals surface area (Å²) >= 11 is 4.91. The van der Waals surface area contributed by atoms with E-state index in [0.29, 0.717) is 29.5 Å². The lowest BCUT2D eigenvalue weighted by Gasteiger charge is -2.10. The first-order valence-electron chi connectivity index (χ1n) is 6.23. The van der Waals surface area contributed by atoms with Gasteiger partial charge in [0.1, 0.15) is 28.8 Å². The van der Waals surface area contributed by atoms with Gasteiger partial charge in [-0.3, -0.25) is 4.98 Å². The average molecular weight is 304 g/mol. The number of rotatable bonds is 6. The zero-order valence-corrected chi connectivity index (χ0v) is 12.6.